The van der Waals surface area contributed by atoms with Crippen LogP contribution in [0.3, 0.4) is 0 Å². The van der Waals surface area contributed by atoms with Gasteiger partial charge in [0.2, 0.25) is 0 Å². The maximum atomic E-state index is 12.6. The second-order valence-corrected chi connectivity index (χ2v) is 4.29. The highest BCUT2D eigenvalue weighted by atomic mass is 79.9. The topological polar surface area (TPSA) is 13.1 Å². The molecule has 2 rings (SSSR count). The van der Waals surface area contributed by atoms with Crippen molar-refractivity contribution in [3.05, 3.63) is 34.0 Å². The fourth-order valence-corrected chi connectivity index (χ4v) is 2.09. The van der Waals surface area contributed by atoms with Crippen LogP contribution in [0, 0.1) is 0 Å². The third-order valence-electron chi connectivity index (χ3n) is 2.31. The monoisotopic (exact) mass is 292 g/mol. The van der Waals surface area contributed by atoms with Crippen LogP contribution in [0.15, 0.2) is 27.1 Å². The molecule has 0 fully saturated rings. The number of hydrogen-bond acceptors (Lipinski definition) is 1. The Morgan fingerprint density at radius 3 is 2.50 bits per heavy atom. The second kappa shape index (κ2) is 3.80. The Balaban J connectivity index is 2.66. The fourth-order valence-electron chi connectivity index (χ4n) is 1.51. The highest BCUT2D eigenvalue weighted by molar-refractivity contribution is 9.10. The molecule has 0 aliphatic rings. The van der Waals surface area contributed by atoms with E-state index in [1.807, 2.05) is 6.92 Å². The smallest absolute Gasteiger partial charge is 0.417 e. The Labute approximate surface area is 98.4 Å². The number of furan rings is 1. The fraction of sp³-hybridized carbons (Fsp3) is 0.273. The summed E-state index contributed by atoms with van der Waals surface area (Å²) < 4.78 is 43.1. The molecular weight excluding hydrogens is 285 g/mol. The molecule has 1 nitrogen and oxygen atoms in total. The van der Waals surface area contributed by atoms with Crippen molar-refractivity contribution >= 4 is 26.9 Å². The number of alkyl halides is 3. The summed E-state index contributed by atoms with van der Waals surface area (Å²) in [5, 5.41) is 0.678. The van der Waals surface area contributed by atoms with E-state index in [1.165, 1.54) is 6.07 Å². The number of rotatable bonds is 1. The first-order valence-corrected chi connectivity index (χ1v) is 5.50. The second-order valence-electron chi connectivity index (χ2n) is 3.43. The summed E-state index contributed by atoms with van der Waals surface area (Å²) in [6.07, 6.45) is -3.71. The molecule has 0 atom stereocenters. The highest BCUT2D eigenvalue weighted by Gasteiger charge is 2.33. The number of aryl methyl sites for hydroxylation is 1. The third-order valence-corrected chi connectivity index (χ3v) is 2.97. The summed E-state index contributed by atoms with van der Waals surface area (Å²) in [5.41, 5.74) is -0.440. The van der Waals surface area contributed by atoms with Gasteiger partial charge < -0.3 is 4.42 Å². The van der Waals surface area contributed by atoms with Gasteiger partial charge in [-0.3, -0.25) is 0 Å². The molecule has 0 unspecified atom stereocenters. The highest BCUT2D eigenvalue weighted by Crippen LogP contribution is 2.37. The average Bonchev–Trinajstić information content (AvgIpc) is 2.56. The van der Waals surface area contributed by atoms with Gasteiger partial charge >= 0.3 is 6.18 Å². The standard InChI is InChI=1S/C11H8BrF3O/c1-2-7-3-6-4-9(12)8(11(13,14)15)5-10(6)16-7/h3-5H,2H2,1H3. The van der Waals surface area contributed by atoms with Gasteiger partial charge in [0.15, 0.2) is 0 Å². The molecule has 0 saturated heterocycles. The van der Waals surface area contributed by atoms with Crippen LogP contribution < -0.4 is 0 Å². The van der Waals surface area contributed by atoms with Crippen LogP contribution in [-0.2, 0) is 12.6 Å². The molecule has 0 amide bonds. The summed E-state index contributed by atoms with van der Waals surface area (Å²) in [7, 11) is 0. The molecule has 0 bridgehead atoms. The van der Waals surface area contributed by atoms with Crippen molar-refractivity contribution in [2.45, 2.75) is 19.5 Å². The Morgan fingerprint density at radius 1 is 1.25 bits per heavy atom. The zero-order valence-corrected chi connectivity index (χ0v) is 9.95. The number of fused-ring (bicyclic) bond motifs is 1. The van der Waals surface area contributed by atoms with E-state index in [2.05, 4.69) is 15.9 Å². The van der Waals surface area contributed by atoms with Gasteiger partial charge in [0.1, 0.15) is 11.3 Å². The van der Waals surface area contributed by atoms with E-state index in [4.69, 9.17) is 4.42 Å². The van der Waals surface area contributed by atoms with E-state index in [0.29, 0.717) is 17.6 Å². The van der Waals surface area contributed by atoms with Crippen molar-refractivity contribution < 1.29 is 17.6 Å². The van der Waals surface area contributed by atoms with Gasteiger partial charge in [0.05, 0.1) is 5.56 Å². The Morgan fingerprint density at radius 2 is 1.94 bits per heavy atom. The van der Waals surface area contributed by atoms with Crippen LogP contribution in [-0.4, -0.2) is 0 Å². The molecular formula is C11H8BrF3O. The van der Waals surface area contributed by atoms with E-state index >= 15 is 0 Å². The number of hydrogen-bond donors (Lipinski definition) is 0. The Bertz CT molecular complexity index is 528. The van der Waals surface area contributed by atoms with E-state index in [1.54, 1.807) is 6.07 Å². The molecule has 16 heavy (non-hydrogen) atoms. The van der Waals surface area contributed by atoms with Crippen LogP contribution in [0.5, 0.6) is 0 Å². The van der Waals surface area contributed by atoms with Gasteiger partial charge in [-0.1, -0.05) is 22.9 Å². The van der Waals surface area contributed by atoms with Crippen molar-refractivity contribution in [3.63, 3.8) is 0 Å². The van der Waals surface area contributed by atoms with Gasteiger partial charge in [-0.05, 0) is 18.2 Å². The molecule has 0 aliphatic carbocycles. The lowest BCUT2D eigenvalue weighted by Gasteiger charge is -2.08. The zero-order valence-electron chi connectivity index (χ0n) is 8.36. The first-order chi connectivity index (χ1) is 7.41. The quantitative estimate of drug-likeness (QED) is 0.737. The molecule has 86 valence electrons. The molecule has 2 aromatic rings. The summed E-state index contributed by atoms with van der Waals surface area (Å²) in [4.78, 5) is 0. The molecule has 0 saturated carbocycles. The number of benzene rings is 1. The first kappa shape index (κ1) is 11.5. The maximum Gasteiger partial charge on any atom is 0.417 e. The molecule has 0 radical (unpaired) electrons. The lowest BCUT2D eigenvalue weighted by Crippen LogP contribution is -2.05. The predicted octanol–water partition coefficient (Wildman–Crippen LogP) is 4.78. The Kier molecular flexibility index (Phi) is 2.74. The molecule has 1 aromatic carbocycles. The van der Waals surface area contributed by atoms with Crippen molar-refractivity contribution in [2.24, 2.45) is 0 Å². The minimum atomic E-state index is -4.37. The summed E-state index contributed by atoms with van der Waals surface area (Å²) in [5.74, 6) is 0.682. The summed E-state index contributed by atoms with van der Waals surface area (Å²) in [6.45, 7) is 1.89. The van der Waals surface area contributed by atoms with Crippen molar-refractivity contribution in [2.75, 3.05) is 0 Å². The van der Waals surface area contributed by atoms with Gasteiger partial charge in [-0.2, -0.15) is 13.2 Å². The van der Waals surface area contributed by atoms with Crippen molar-refractivity contribution in [1.29, 1.82) is 0 Å². The SMILES string of the molecule is CCc1cc2cc(Br)c(C(F)(F)F)cc2o1. The predicted molar refractivity (Wildman–Crippen MR) is 58.3 cm³/mol. The minimum absolute atomic E-state index is 0.0379. The van der Waals surface area contributed by atoms with Crippen molar-refractivity contribution in [3.8, 4) is 0 Å². The lowest BCUT2D eigenvalue weighted by atomic mass is 10.1. The normalized spacial score (nSPS) is 12.3. The molecule has 0 aliphatic heterocycles. The summed E-state index contributed by atoms with van der Waals surface area (Å²) in [6, 6.07) is 4.21. The Hall–Kier alpha value is -0.970. The van der Waals surface area contributed by atoms with Crippen LogP contribution in [0.25, 0.3) is 11.0 Å². The maximum absolute atomic E-state index is 12.6. The minimum Gasteiger partial charge on any atom is -0.461 e. The first-order valence-electron chi connectivity index (χ1n) is 4.71. The third kappa shape index (κ3) is 1.96. The van der Waals surface area contributed by atoms with E-state index in [9.17, 15) is 13.2 Å². The van der Waals surface area contributed by atoms with Gasteiger partial charge in [0, 0.05) is 16.3 Å². The van der Waals surface area contributed by atoms with Gasteiger partial charge in [-0.25, -0.2) is 0 Å². The van der Waals surface area contributed by atoms with Crippen LogP contribution in [0.2, 0.25) is 0 Å². The lowest BCUT2D eigenvalue weighted by molar-refractivity contribution is -0.138. The van der Waals surface area contributed by atoms with E-state index < -0.39 is 11.7 Å². The summed E-state index contributed by atoms with van der Waals surface area (Å²) >= 11 is 2.92. The van der Waals surface area contributed by atoms with Gasteiger partial charge in [0.25, 0.3) is 0 Å². The molecule has 0 N–H and O–H groups in total. The van der Waals surface area contributed by atoms with Gasteiger partial charge in [-0.15, -0.1) is 0 Å². The molecule has 1 heterocycles. The molecule has 1 aromatic heterocycles. The largest absolute Gasteiger partial charge is 0.461 e. The number of halogens is 4. The van der Waals surface area contributed by atoms with Crippen LogP contribution >= 0.6 is 15.9 Å². The van der Waals surface area contributed by atoms with E-state index in [0.717, 1.165) is 6.07 Å². The van der Waals surface area contributed by atoms with E-state index in [-0.39, 0.29) is 10.1 Å². The molecule has 0 spiro atoms. The zero-order chi connectivity index (χ0) is 11.9. The van der Waals surface area contributed by atoms with Crippen molar-refractivity contribution in [1.82, 2.24) is 0 Å². The van der Waals surface area contributed by atoms with Crippen LogP contribution in [0.4, 0.5) is 13.2 Å². The average molecular weight is 293 g/mol. The molecule has 5 heteroatoms. The van der Waals surface area contributed by atoms with Crippen LogP contribution in [0.1, 0.15) is 18.2 Å².